The molecule has 0 aliphatic heterocycles. The molecule has 144 valence electrons. The van der Waals surface area contributed by atoms with E-state index in [4.69, 9.17) is 4.98 Å². The van der Waals surface area contributed by atoms with Crippen molar-refractivity contribution in [2.45, 2.75) is 19.9 Å². The molecule has 4 aromatic heterocycles. The molecule has 0 saturated heterocycles. The van der Waals surface area contributed by atoms with Crippen molar-refractivity contribution in [2.75, 3.05) is 0 Å². The maximum atomic E-state index is 12.9. The Morgan fingerprint density at radius 1 is 1.14 bits per heavy atom. The molecule has 29 heavy (non-hydrogen) atoms. The summed E-state index contributed by atoms with van der Waals surface area (Å²) in [6.45, 7) is 3.76. The zero-order chi connectivity index (χ0) is 20.1. The molecule has 7 nitrogen and oxygen atoms in total. The summed E-state index contributed by atoms with van der Waals surface area (Å²) < 4.78 is 2.82. The molecule has 0 amide bonds. The van der Waals surface area contributed by atoms with Gasteiger partial charge in [-0.15, -0.1) is 11.3 Å². The second-order valence-electron chi connectivity index (χ2n) is 6.92. The summed E-state index contributed by atoms with van der Waals surface area (Å²) in [5, 5.41) is 10.8. The first-order valence-electron chi connectivity index (χ1n) is 9.17. The molecular weight excluding hydrogens is 386 g/mol. The number of H-pyrrole nitrogens is 1. The molecule has 0 spiro atoms. The van der Waals surface area contributed by atoms with Gasteiger partial charge in [0.15, 0.2) is 5.65 Å². The average Bonchev–Trinajstić information content (AvgIpc) is 3.37. The minimum Gasteiger partial charge on any atom is -0.288 e. The van der Waals surface area contributed by atoms with Crippen LogP contribution in [0.5, 0.6) is 0 Å². The van der Waals surface area contributed by atoms with Gasteiger partial charge in [0.1, 0.15) is 0 Å². The van der Waals surface area contributed by atoms with Crippen molar-refractivity contribution < 1.29 is 0 Å². The maximum Gasteiger partial charge on any atom is 0.275 e. The number of aromatic nitrogens is 5. The lowest BCUT2D eigenvalue weighted by Gasteiger charge is -2.14. The third-order valence-electron chi connectivity index (χ3n) is 5.16. The van der Waals surface area contributed by atoms with Crippen LogP contribution in [0.2, 0.25) is 0 Å². The van der Waals surface area contributed by atoms with Crippen LogP contribution in [-0.2, 0) is 0 Å². The first-order chi connectivity index (χ1) is 14.0. The Labute approximate surface area is 168 Å². The minimum atomic E-state index is -0.482. The summed E-state index contributed by atoms with van der Waals surface area (Å²) >= 11 is 1.59. The molecule has 4 heterocycles. The number of rotatable bonds is 3. The van der Waals surface area contributed by atoms with Gasteiger partial charge >= 0.3 is 0 Å². The molecule has 1 N–H and O–H groups in total. The van der Waals surface area contributed by atoms with Crippen molar-refractivity contribution in [3.8, 4) is 10.6 Å². The van der Waals surface area contributed by atoms with E-state index < -0.39 is 6.04 Å². The normalized spacial score (nSPS) is 12.6. The number of hydrogen-bond donors (Lipinski definition) is 1. The predicted octanol–water partition coefficient (Wildman–Crippen LogP) is 3.38. The van der Waals surface area contributed by atoms with Crippen molar-refractivity contribution in [3.05, 3.63) is 86.0 Å². The monoisotopic (exact) mass is 403 g/mol. The number of aromatic amines is 1. The van der Waals surface area contributed by atoms with Crippen LogP contribution >= 0.6 is 11.3 Å². The quantitative estimate of drug-likeness (QED) is 0.500. The summed E-state index contributed by atoms with van der Waals surface area (Å²) in [6.07, 6.45) is 1.66. The van der Waals surface area contributed by atoms with Gasteiger partial charge in [0.25, 0.3) is 11.1 Å². The van der Waals surface area contributed by atoms with Gasteiger partial charge in [-0.05, 0) is 31.4 Å². The Morgan fingerprint density at radius 2 is 1.97 bits per heavy atom. The molecule has 1 aromatic carbocycles. The summed E-state index contributed by atoms with van der Waals surface area (Å²) in [5.41, 5.74) is 2.38. The van der Waals surface area contributed by atoms with Crippen molar-refractivity contribution in [2.24, 2.45) is 0 Å². The van der Waals surface area contributed by atoms with Crippen LogP contribution in [0.25, 0.3) is 27.0 Å². The average molecular weight is 403 g/mol. The zero-order valence-corrected chi connectivity index (χ0v) is 16.6. The molecule has 5 rings (SSSR count). The van der Waals surface area contributed by atoms with Gasteiger partial charge in [-0.1, -0.05) is 24.3 Å². The largest absolute Gasteiger partial charge is 0.288 e. The molecule has 0 aliphatic carbocycles. The van der Waals surface area contributed by atoms with E-state index in [0.717, 1.165) is 21.5 Å². The second kappa shape index (κ2) is 6.52. The van der Waals surface area contributed by atoms with E-state index in [1.807, 2.05) is 49.6 Å². The fraction of sp³-hybridized carbons (Fsp3) is 0.143. The van der Waals surface area contributed by atoms with Crippen molar-refractivity contribution in [1.29, 1.82) is 0 Å². The predicted molar refractivity (Wildman–Crippen MR) is 114 cm³/mol. The highest BCUT2D eigenvalue weighted by atomic mass is 32.1. The van der Waals surface area contributed by atoms with Gasteiger partial charge in [-0.25, -0.2) is 14.2 Å². The third-order valence-corrected chi connectivity index (χ3v) is 6.04. The van der Waals surface area contributed by atoms with E-state index in [0.29, 0.717) is 16.7 Å². The van der Waals surface area contributed by atoms with E-state index in [2.05, 4.69) is 10.2 Å². The van der Waals surface area contributed by atoms with Crippen LogP contribution < -0.4 is 11.1 Å². The topological polar surface area (TPSA) is 85.0 Å². The number of nitrogens with zero attached hydrogens (tertiary/aromatic N) is 4. The van der Waals surface area contributed by atoms with Crippen molar-refractivity contribution in [1.82, 2.24) is 24.4 Å². The van der Waals surface area contributed by atoms with Gasteiger partial charge < -0.3 is 0 Å². The van der Waals surface area contributed by atoms with Gasteiger partial charge in [0.2, 0.25) is 0 Å². The number of aryl methyl sites for hydroxylation is 1. The van der Waals surface area contributed by atoms with Gasteiger partial charge in [0.05, 0.1) is 33.9 Å². The number of hydrogen-bond acceptors (Lipinski definition) is 5. The van der Waals surface area contributed by atoms with Crippen LogP contribution in [0.4, 0.5) is 0 Å². The molecule has 0 saturated carbocycles. The molecule has 8 heteroatoms. The van der Waals surface area contributed by atoms with Crippen LogP contribution in [0.15, 0.2) is 63.6 Å². The highest BCUT2D eigenvalue weighted by molar-refractivity contribution is 7.13. The van der Waals surface area contributed by atoms with Crippen LogP contribution in [0.3, 0.4) is 0 Å². The van der Waals surface area contributed by atoms with Gasteiger partial charge in [-0.2, -0.15) is 5.10 Å². The summed E-state index contributed by atoms with van der Waals surface area (Å²) in [4.78, 5) is 31.4. The first kappa shape index (κ1) is 17.6. The molecule has 0 fully saturated rings. The fourth-order valence-electron chi connectivity index (χ4n) is 3.55. The Hall–Kier alpha value is -3.52. The van der Waals surface area contributed by atoms with Crippen molar-refractivity contribution in [3.63, 3.8) is 0 Å². The Bertz CT molecular complexity index is 1480. The number of benzene rings is 1. The van der Waals surface area contributed by atoms with Crippen LogP contribution in [0.1, 0.15) is 24.2 Å². The number of nitrogens with one attached hydrogen (secondary N) is 1. The maximum absolute atomic E-state index is 12.9. The molecule has 1 unspecified atom stereocenters. The summed E-state index contributed by atoms with van der Waals surface area (Å²) in [5.74, 6) is 0. The smallest absolute Gasteiger partial charge is 0.275 e. The summed E-state index contributed by atoms with van der Waals surface area (Å²) in [6, 6.07) is 12.3. The van der Waals surface area contributed by atoms with Crippen LogP contribution in [-0.4, -0.2) is 24.4 Å². The molecule has 0 bridgehead atoms. The fourth-order valence-corrected chi connectivity index (χ4v) is 4.33. The van der Waals surface area contributed by atoms with Gasteiger partial charge in [-0.3, -0.25) is 14.7 Å². The summed E-state index contributed by atoms with van der Waals surface area (Å²) in [7, 11) is 0. The molecular formula is C21H17N5O2S. The number of fused-ring (bicyclic) bond motifs is 2. The van der Waals surface area contributed by atoms with Crippen LogP contribution in [0, 0.1) is 6.92 Å². The van der Waals surface area contributed by atoms with E-state index >= 15 is 0 Å². The Balaban J connectivity index is 1.68. The lowest BCUT2D eigenvalue weighted by Crippen LogP contribution is -2.28. The highest BCUT2D eigenvalue weighted by Crippen LogP contribution is 2.28. The lowest BCUT2D eigenvalue weighted by molar-refractivity contribution is 0.524. The van der Waals surface area contributed by atoms with E-state index in [1.165, 1.54) is 15.3 Å². The SMILES string of the molecule is Cc1c(-c2cccs2)[nH]n2c(=O)cc(C(C)n3ncc4ccccc4c3=O)nc12. The first-order valence-corrected chi connectivity index (χ1v) is 10.1. The minimum absolute atomic E-state index is 0.206. The van der Waals surface area contributed by atoms with Crippen molar-refractivity contribution >= 4 is 27.8 Å². The molecule has 0 aliphatic rings. The van der Waals surface area contributed by atoms with E-state index in [-0.39, 0.29) is 11.1 Å². The molecule has 0 radical (unpaired) electrons. The zero-order valence-electron chi connectivity index (χ0n) is 15.8. The van der Waals surface area contributed by atoms with E-state index in [1.54, 1.807) is 23.6 Å². The Kier molecular flexibility index (Phi) is 3.95. The number of thiophene rings is 1. The molecule has 5 aromatic rings. The Morgan fingerprint density at radius 3 is 2.76 bits per heavy atom. The highest BCUT2D eigenvalue weighted by Gasteiger charge is 2.19. The second-order valence-corrected chi connectivity index (χ2v) is 7.87. The standard InChI is InChI=1S/C21H17N5O2S/c1-12-19(17-8-5-9-29-17)24-26-18(27)10-16(23-20(12)26)13(2)25-21(28)15-7-4-3-6-14(15)11-22-25/h3-11,13,24H,1-2H3. The third kappa shape index (κ3) is 2.72. The van der Waals surface area contributed by atoms with Gasteiger partial charge in [0, 0.05) is 17.0 Å². The lowest BCUT2D eigenvalue weighted by atomic mass is 10.2. The molecule has 1 atom stereocenters. The van der Waals surface area contributed by atoms with E-state index in [9.17, 15) is 9.59 Å².